The van der Waals surface area contributed by atoms with Crippen molar-refractivity contribution in [2.45, 2.75) is 25.3 Å². The fourth-order valence-corrected chi connectivity index (χ4v) is 1.66. The number of aromatic nitrogens is 1. The van der Waals surface area contributed by atoms with Crippen molar-refractivity contribution in [1.29, 1.82) is 0 Å². The van der Waals surface area contributed by atoms with Crippen LogP contribution in [-0.4, -0.2) is 40.5 Å². The maximum atomic E-state index is 11.8. The summed E-state index contributed by atoms with van der Waals surface area (Å²) in [5, 5.41) is 14.2. The second kappa shape index (κ2) is 6.14. The molecule has 3 N–H and O–H groups in total. The smallest absolute Gasteiger partial charge is 0.338 e. The van der Waals surface area contributed by atoms with Crippen molar-refractivity contribution in [2.24, 2.45) is 0 Å². The summed E-state index contributed by atoms with van der Waals surface area (Å²) >= 11 is 0. The Bertz CT molecular complexity index is 540. The number of amides is 2. The monoisotopic (exact) mass is 277 g/mol. The summed E-state index contributed by atoms with van der Waals surface area (Å²) in [6, 6.07) is 3.04. The predicted octanol–water partition coefficient (Wildman–Crippen LogP) is 0.178. The Morgan fingerprint density at radius 2 is 2.10 bits per heavy atom. The lowest BCUT2D eigenvalue weighted by atomic mass is 10.2. The molecule has 2 amide bonds. The lowest BCUT2D eigenvalue weighted by Gasteiger charge is -2.07. The van der Waals surface area contributed by atoms with Gasteiger partial charge in [-0.05, 0) is 25.0 Å². The summed E-state index contributed by atoms with van der Waals surface area (Å²) in [5.41, 5.74) is -0.310. The van der Waals surface area contributed by atoms with E-state index in [1.165, 1.54) is 18.3 Å². The number of nitrogens with one attached hydrogen (secondary N) is 2. The lowest BCUT2D eigenvalue weighted by Crippen LogP contribution is -2.32. The van der Waals surface area contributed by atoms with Gasteiger partial charge in [0.15, 0.2) is 0 Å². The maximum Gasteiger partial charge on any atom is 0.338 e. The van der Waals surface area contributed by atoms with Crippen LogP contribution in [-0.2, 0) is 4.79 Å². The van der Waals surface area contributed by atoms with E-state index in [4.69, 9.17) is 5.11 Å². The van der Waals surface area contributed by atoms with Gasteiger partial charge in [0.25, 0.3) is 5.91 Å². The third-order valence-electron chi connectivity index (χ3n) is 2.83. The van der Waals surface area contributed by atoms with Gasteiger partial charge in [0.2, 0.25) is 5.91 Å². The molecule has 2 rings (SSSR count). The van der Waals surface area contributed by atoms with E-state index in [2.05, 4.69) is 15.6 Å². The van der Waals surface area contributed by atoms with Crippen LogP contribution in [0.15, 0.2) is 18.3 Å². The van der Waals surface area contributed by atoms with E-state index in [1.807, 2.05) is 0 Å². The molecule has 0 atom stereocenters. The van der Waals surface area contributed by atoms with Gasteiger partial charge >= 0.3 is 5.97 Å². The topological polar surface area (TPSA) is 108 Å². The Labute approximate surface area is 115 Å². The van der Waals surface area contributed by atoms with Crippen LogP contribution in [0.25, 0.3) is 0 Å². The van der Waals surface area contributed by atoms with E-state index < -0.39 is 11.9 Å². The summed E-state index contributed by atoms with van der Waals surface area (Å²) in [6.07, 6.45) is 3.53. The molecule has 0 spiro atoms. The number of pyridine rings is 1. The SMILES string of the molecule is O=C(CCNC(=O)c1ncccc1C(=O)O)NC1CC1. The molecule has 0 aliphatic heterocycles. The molecule has 7 nitrogen and oxygen atoms in total. The maximum absolute atomic E-state index is 11.8. The Hall–Kier alpha value is -2.44. The fourth-order valence-electron chi connectivity index (χ4n) is 1.66. The van der Waals surface area contributed by atoms with Crippen molar-refractivity contribution in [2.75, 3.05) is 6.54 Å². The van der Waals surface area contributed by atoms with E-state index in [0.29, 0.717) is 0 Å². The molecule has 1 heterocycles. The molecule has 1 aromatic rings. The highest BCUT2D eigenvalue weighted by Crippen LogP contribution is 2.18. The second-order valence-electron chi connectivity index (χ2n) is 4.55. The quantitative estimate of drug-likeness (QED) is 0.687. The number of carboxylic acid groups (broad SMARTS) is 1. The summed E-state index contributed by atoms with van der Waals surface area (Å²) in [7, 11) is 0. The first-order valence-corrected chi connectivity index (χ1v) is 6.34. The minimum Gasteiger partial charge on any atom is -0.478 e. The van der Waals surface area contributed by atoms with Gasteiger partial charge < -0.3 is 15.7 Å². The van der Waals surface area contributed by atoms with Gasteiger partial charge in [0.05, 0.1) is 5.56 Å². The van der Waals surface area contributed by atoms with Crippen LogP contribution in [0.2, 0.25) is 0 Å². The summed E-state index contributed by atoms with van der Waals surface area (Å²) in [4.78, 5) is 37.9. The first kappa shape index (κ1) is 14.0. The minimum absolute atomic E-state index is 0.118. The van der Waals surface area contributed by atoms with Crippen molar-refractivity contribution in [1.82, 2.24) is 15.6 Å². The van der Waals surface area contributed by atoms with Crippen LogP contribution in [0.4, 0.5) is 0 Å². The van der Waals surface area contributed by atoms with Gasteiger partial charge in [-0.1, -0.05) is 0 Å². The number of rotatable bonds is 6. The lowest BCUT2D eigenvalue weighted by molar-refractivity contribution is -0.121. The molecule has 1 aliphatic carbocycles. The van der Waals surface area contributed by atoms with E-state index in [1.54, 1.807) is 0 Å². The average molecular weight is 277 g/mol. The summed E-state index contributed by atoms with van der Waals surface area (Å²) in [5.74, 6) is -1.93. The molecule has 1 aliphatic rings. The zero-order valence-corrected chi connectivity index (χ0v) is 10.8. The molecule has 0 unspecified atom stereocenters. The molecule has 0 bridgehead atoms. The third-order valence-corrected chi connectivity index (χ3v) is 2.83. The molecule has 0 saturated heterocycles. The normalized spacial score (nSPS) is 13.6. The predicted molar refractivity (Wildman–Crippen MR) is 69.3 cm³/mol. The summed E-state index contributed by atoms with van der Waals surface area (Å²) in [6.45, 7) is 0.146. The van der Waals surface area contributed by atoms with Gasteiger partial charge in [-0.2, -0.15) is 0 Å². The van der Waals surface area contributed by atoms with Gasteiger partial charge in [-0.3, -0.25) is 14.6 Å². The van der Waals surface area contributed by atoms with Crippen molar-refractivity contribution in [3.63, 3.8) is 0 Å². The number of hydrogen-bond acceptors (Lipinski definition) is 4. The number of carbonyl (C=O) groups is 3. The van der Waals surface area contributed by atoms with Crippen LogP contribution >= 0.6 is 0 Å². The van der Waals surface area contributed by atoms with Crippen molar-refractivity contribution >= 4 is 17.8 Å². The van der Waals surface area contributed by atoms with Crippen molar-refractivity contribution < 1.29 is 19.5 Å². The average Bonchev–Trinajstić information content (AvgIpc) is 3.22. The summed E-state index contributed by atoms with van der Waals surface area (Å²) < 4.78 is 0. The molecular formula is C13H15N3O4. The van der Waals surface area contributed by atoms with E-state index in [-0.39, 0.29) is 36.2 Å². The van der Waals surface area contributed by atoms with Crippen molar-refractivity contribution in [3.8, 4) is 0 Å². The first-order valence-electron chi connectivity index (χ1n) is 6.34. The van der Waals surface area contributed by atoms with Gasteiger partial charge in [-0.25, -0.2) is 4.79 Å². The zero-order chi connectivity index (χ0) is 14.5. The molecule has 1 aromatic heterocycles. The van der Waals surface area contributed by atoms with Crippen LogP contribution in [0.3, 0.4) is 0 Å². The van der Waals surface area contributed by atoms with Gasteiger partial charge in [0, 0.05) is 25.2 Å². The molecule has 1 saturated carbocycles. The molecule has 1 fully saturated rings. The van der Waals surface area contributed by atoms with E-state index in [9.17, 15) is 14.4 Å². The van der Waals surface area contributed by atoms with Crippen LogP contribution in [0.1, 0.15) is 40.1 Å². The van der Waals surface area contributed by atoms with Crippen LogP contribution in [0, 0.1) is 0 Å². The molecule has 7 heteroatoms. The fraction of sp³-hybridized carbons (Fsp3) is 0.385. The largest absolute Gasteiger partial charge is 0.478 e. The number of nitrogens with zero attached hydrogens (tertiary/aromatic N) is 1. The second-order valence-corrected chi connectivity index (χ2v) is 4.55. The Balaban J connectivity index is 1.85. The minimum atomic E-state index is -1.21. The number of aromatic carboxylic acids is 1. The Morgan fingerprint density at radius 1 is 1.35 bits per heavy atom. The highest BCUT2D eigenvalue weighted by Gasteiger charge is 2.23. The highest BCUT2D eigenvalue weighted by atomic mass is 16.4. The van der Waals surface area contributed by atoms with Gasteiger partial charge in [-0.15, -0.1) is 0 Å². The Kier molecular flexibility index (Phi) is 4.29. The zero-order valence-electron chi connectivity index (χ0n) is 10.8. The third kappa shape index (κ3) is 3.78. The standard InChI is InChI=1S/C13H15N3O4/c17-10(16-8-3-4-8)5-7-15-12(18)11-9(13(19)20)2-1-6-14-11/h1-2,6,8H,3-5,7H2,(H,15,18)(H,16,17)(H,19,20). The molecule has 0 aromatic carbocycles. The number of carbonyl (C=O) groups excluding carboxylic acids is 2. The molecular weight excluding hydrogens is 262 g/mol. The Morgan fingerprint density at radius 3 is 2.75 bits per heavy atom. The molecule has 20 heavy (non-hydrogen) atoms. The van der Waals surface area contributed by atoms with Crippen LogP contribution < -0.4 is 10.6 Å². The van der Waals surface area contributed by atoms with Crippen molar-refractivity contribution in [3.05, 3.63) is 29.6 Å². The molecule has 106 valence electrons. The van der Waals surface area contributed by atoms with E-state index in [0.717, 1.165) is 12.8 Å². The van der Waals surface area contributed by atoms with Crippen LogP contribution in [0.5, 0.6) is 0 Å². The highest BCUT2D eigenvalue weighted by molar-refractivity contribution is 6.03. The van der Waals surface area contributed by atoms with Gasteiger partial charge in [0.1, 0.15) is 5.69 Å². The first-order chi connectivity index (χ1) is 9.58. The number of hydrogen-bond donors (Lipinski definition) is 3. The van der Waals surface area contributed by atoms with E-state index >= 15 is 0 Å². The molecule has 0 radical (unpaired) electrons. The number of carboxylic acids is 1.